The highest BCUT2D eigenvalue weighted by molar-refractivity contribution is 6.33. The van der Waals surface area contributed by atoms with E-state index in [0.29, 0.717) is 16.8 Å². The minimum absolute atomic E-state index is 0.473. The third-order valence-corrected chi connectivity index (χ3v) is 2.47. The molecule has 0 aliphatic rings. The van der Waals surface area contributed by atoms with Crippen molar-refractivity contribution in [1.82, 2.24) is 0 Å². The van der Waals surface area contributed by atoms with Crippen LogP contribution in [0.2, 0.25) is 5.02 Å². The van der Waals surface area contributed by atoms with Crippen molar-refractivity contribution in [1.29, 1.82) is 0 Å². The maximum Gasteiger partial charge on any atom is 0.0636 e. The topological polar surface area (TPSA) is 38.0 Å². The molecule has 2 nitrogen and oxygen atoms in total. The molecule has 0 heterocycles. The van der Waals surface area contributed by atoms with Crippen LogP contribution in [0.5, 0.6) is 0 Å². The van der Waals surface area contributed by atoms with E-state index in [2.05, 4.69) is 19.2 Å². The summed E-state index contributed by atoms with van der Waals surface area (Å²) in [7, 11) is 0. The van der Waals surface area contributed by atoms with Crippen LogP contribution in [0.15, 0.2) is 18.2 Å². The fraction of sp³-hybridized carbons (Fsp3) is 0.455. The number of nitrogens with two attached hydrogens (primary N) is 1. The molecule has 0 saturated carbocycles. The lowest BCUT2D eigenvalue weighted by Crippen LogP contribution is -2.14. The molecule has 78 valence electrons. The second kappa shape index (κ2) is 5.11. The van der Waals surface area contributed by atoms with E-state index in [1.165, 1.54) is 6.42 Å². The molecule has 14 heavy (non-hydrogen) atoms. The summed E-state index contributed by atoms with van der Waals surface area (Å²) in [6.07, 6.45) is 2.33. The Morgan fingerprint density at radius 1 is 1.50 bits per heavy atom. The average Bonchev–Trinajstić information content (AvgIpc) is 2.12. The molecule has 1 aromatic carbocycles. The SMILES string of the molecule is CCCC(C)Nc1ccc(Cl)c(N)c1. The third kappa shape index (κ3) is 3.11. The number of nitrogens with one attached hydrogen (secondary N) is 1. The zero-order chi connectivity index (χ0) is 10.6. The van der Waals surface area contributed by atoms with Crippen molar-refractivity contribution < 1.29 is 0 Å². The van der Waals surface area contributed by atoms with E-state index < -0.39 is 0 Å². The lowest BCUT2D eigenvalue weighted by molar-refractivity contribution is 0.690. The van der Waals surface area contributed by atoms with Crippen molar-refractivity contribution in [2.75, 3.05) is 11.1 Å². The number of benzene rings is 1. The van der Waals surface area contributed by atoms with Crippen molar-refractivity contribution in [3.8, 4) is 0 Å². The van der Waals surface area contributed by atoms with Crippen LogP contribution < -0.4 is 11.1 Å². The molecule has 1 rings (SSSR count). The van der Waals surface area contributed by atoms with E-state index in [0.717, 1.165) is 12.1 Å². The smallest absolute Gasteiger partial charge is 0.0636 e. The van der Waals surface area contributed by atoms with Crippen LogP contribution >= 0.6 is 11.6 Å². The van der Waals surface area contributed by atoms with Crippen molar-refractivity contribution in [3.05, 3.63) is 23.2 Å². The molecule has 0 amide bonds. The zero-order valence-corrected chi connectivity index (χ0v) is 9.43. The van der Waals surface area contributed by atoms with Gasteiger partial charge in [0.25, 0.3) is 0 Å². The Balaban J connectivity index is 2.63. The number of nitrogen functional groups attached to an aromatic ring is 1. The van der Waals surface area contributed by atoms with Gasteiger partial charge in [-0.25, -0.2) is 0 Å². The summed E-state index contributed by atoms with van der Waals surface area (Å²) in [4.78, 5) is 0. The highest BCUT2D eigenvalue weighted by Crippen LogP contribution is 2.23. The van der Waals surface area contributed by atoms with Gasteiger partial charge >= 0.3 is 0 Å². The quantitative estimate of drug-likeness (QED) is 0.750. The van der Waals surface area contributed by atoms with Gasteiger partial charge in [-0.2, -0.15) is 0 Å². The predicted molar refractivity (Wildman–Crippen MR) is 63.9 cm³/mol. The number of hydrogen-bond acceptors (Lipinski definition) is 2. The molecule has 0 fully saturated rings. The number of anilines is 2. The van der Waals surface area contributed by atoms with Crippen molar-refractivity contribution in [2.24, 2.45) is 0 Å². The summed E-state index contributed by atoms with van der Waals surface area (Å²) in [5, 5.41) is 3.98. The Bertz CT molecular complexity index is 299. The summed E-state index contributed by atoms with van der Waals surface area (Å²) in [6, 6.07) is 6.11. The number of halogens is 1. The molecule has 0 aromatic heterocycles. The minimum Gasteiger partial charge on any atom is -0.397 e. The van der Waals surface area contributed by atoms with E-state index in [-0.39, 0.29) is 0 Å². The van der Waals surface area contributed by atoms with Gasteiger partial charge in [-0.05, 0) is 31.5 Å². The highest BCUT2D eigenvalue weighted by Gasteiger charge is 2.02. The maximum atomic E-state index is 5.83. The van der Waals surface area contributed by atoms with Crippen LogP contribution in [0, 0.1) is 0 Å². The molecule has 3 heteroatoms. The summed E-state index contributed by atoms with van der Waals surface area (Å²) in [5.74, 6) is 0. The Morgan fingerprint density at radius 2 is 2.21 bits per heavy atom. The summed E-state index contributed by atoms with van der Waals surface area (Å²) < 4.78 is 0. The average molecular weight is 213 g/mol. The first-order valence-corrected chi connectivity index (χ1v) is 5.33. The molecule has 3 N–H and O–H groups in total. The normalized spacial score (nSPS) is 12.5. The Labute approximate surface area is 90.4 Å². The van der Waals surface area contributed by atoms with Crippen LogP contribution in [0.3, 0.4) is 0 Å². The van der Waals surface area contributed by atoms with Crippen LogP contribution in [-0.2, 0) is 0 Å². The molecule has 0 spiro atoms. The molecule has 0 aliphatic heterocycles. The predicted octanol–water partition coefficient (Wildman–Crippen LogP) is 3.52. The number of rotatable bonds is 4. The first kappa shape index (κ1) is 11.2. The minimum atomic E-state index is 0.473. The Morgan fingerprint density at radius 3 is 2.79 bits per heavy atom. The zero-order valence-electron chi connectivity index (χ0n) is 8.68. The first-order valence-electron chi connectivity index (χ1n) is 4.95. The maximum absolute atomic E-state index is 5.83. The Kier molecular flexibility index (Phi) is 4.08. The second-order valence-electron chi connectivity index (χ2n) is 3.57. The Hall–Kier alpha value is -0.890. The molecular weight excluding hydrogens is 196 g/mol. The standard InChI is InChI=1S/C11H17ClN2/c1-3-4-8(2)14-9-5-6-10(12)11(13)7-9/h5-8,14H,3-4,13H2,1-2H3. The van der Waals surface area contributed by atoms with Gasteiger partial charge in [0.15, 0.2) is 0 Å². The lowest BCUT2D eigenvalue weighted by Gasteiger charge is -2.14. The van der Waals surface area contributed by atoms with Crippen molar-refractivity contribution in [3.63, 3.8) is 0 Å². The van der Waals surface area contributed by atoms with Gasteiger partial charge in [-0.15, -0.1) is 0 Å². The van der Waals surface area contributed by atoms with E-state index in [1.807, 2.05) is 18.2 Å². The van der Waals surface area contributed by atoms with Gasteiger partial charge < -0.3 is 11.1 Å². The third-order valence-electron chi connectivity index (χ3n) is 2.13. The fourth-order valence-corrected chi connectivity index (χ4v) is 1.54. The van der Waals surface area contributed by atoms with Crippen molar-refractivity contribution in [2.45, 2.75) is 32.7 Å². The highest BCUT2D eigenvalue weighted by atomic mass is 35.5. The van der Waals surface area contributed by atoms with Gasteiger partial charge in [0.05, 0.1) is 10.7 Å². The summed E-state index contributed by atoms with van der Waals surface area (Å²) in [6.45, 7) is 4.34. The summed E-state index contributed by atoms with van der Waals surface area (Å²) in [5.41, 5.74) is 7.36. The molecular formula is C11H17ClN2. The monoisotopic (exact) mass is 212 g/mol. The van der Waals surface area contributed by atoms with Gasteiger partial charge in [0.1, 0.15) is 0 Å². The van der Waals surface area contributed by atoms with E-state index >= 15 is 0 Å². The van der Waals surface area contributed by atoms with Gasteiger partial charge in [0.2, 0.25) is 0 Å². The van der Waals surface area contributed by atoms with Crippen LogP contribution in [0.4, 0.5) is 11.4 Å². The lowest BCUT2D eigenvalue weighted by atomic mass is 10.2. The molecule has 1 unspecified atom stereocenters. The molecule has 0 radical (unpaired) electrons. The summed E-state index contributed by atoms with van der Waals surface area (Å²) >= 11 is 5.83. The number of hydrogen-bond donors (Lipinski definition) is 2. The molecule has 1 atom stereocenters. The van der Waals surface area contributed by atoms with Gasteiger partial charge in [-0.3, -0.25) is 0 Å². The van der Waals surface area contributed by atoms with Crippen molar-refractivity contribution >= 4 is 23.0 Å². The van der Waals surface area contributed by atoms with Crippen LogP contribution in [0.1, 0.15) is 26.7 Å². The van der Waals surface area contributed by atoms with E-state index in [1.54, 1.807) is 0 Å². The molecule has 0 bridgehead atoms. The van der Waals surface area contributed by atoms with E-state index in [9.17, 15) is 0 Å². The van der Waals surface area contributed by atoms with E-state index in [4.69, 9.17) is 17.3 Å². The van der Waals surface area contributed by atoms with Gasteiger partial charge in [-0.1, -0.05) is 24.9 Å². The van der Waals surface area contributed by atoms with Crippen LogP contribution in [-0.4, -0.2) is 6.04 Å². The second-order valence-corrected chi connectivity index (χ2v) is 3.98. The largest absolute Gasteiger partial charge is 0.397 e. The molecule has 1 aromatic rings. The molecule has 0 aliphatic carbocycles. The van der Waals surface area contributed by atoms with Gasteiger partial charge in [0, 0.05) is 11.7 Å². The molecule has 0 saturated heterocycles. The fourth-order valence-electron chi connectivity index (χ4n) is 1.42. The first-order chi connectivity index (χ1) is 6.63. The van der Waals surface area contributed by atoms with Crippen LogP contribution in [0.25, 0.3) is 0 Å².